The molecule has 3 rings (SSSR count). The second-order valence-electron chi connectivity index (χ2n) is 6.89. The fraction of sp³-hybridized carbons (Fsp3) is 0.364. The van der Waals surface area contributed by atoms with Gasteiger partial charge in [-0.3, -0.25) is 4.79 Å². The van der Waals surface area contributed by atoms with Crippen LogP contribution in [0.3, 0.4) is 0 Å². The number of nitrogens with zero attached hydrogens (tertiary/aromatic N) is 1. The van der Waals surface area contributed by atoms with E-state index in [4.69, 9.17) is 0 Å². The molecule has 2 N–H and O–H groups in total. The number of para-hydroxylation sites is 1. The van der Waals surface area contributed by atoms with Gasteiger partial charge in [-0.25, -0.2) is 4.79 Å². The second kappa shape index (κ2) is 10.8. The Hall–Kier alpha value is -2.47. The maximum absolute atomic E-state index is 12.5. The van der Waals surface area contributed by atoms with Crippen molar-refractivity contribution in [3.8, 4) is 0 Å². The molecule has 1 heterocycles. The van der Waals surface area contributed by atoms with Gasteiger partial charge in [0, 0.05) is 30.2 Å². The maximum atomic E-state index is 12.5. The fourth-order valence-corrected chi connectivity index (χ4v) is 4.10. The predicted octanol–water partition coefficient (Wildman–Crippen LogP) is 4.23. The van der Waals surface area contributed by atoms with Crippen LogP contribution in [0.1, 0.15) is 19.3 Å². The van der Waals surface area contributed by atoms with E-state index in [1.807, 2.05) is 48.5 Å². The molecule has 0 radical (unpaired) electrons. The van der Waals surface area contributed by atoms with Crippen molar-refractivity contribution < 1.29 is 9.59 Å². The van der Waals surface area contributed by atoms with Crippen LogP contribution in [0.4, 0.5) is 10.5 Å². The van der Waals surface area contributed by atoms with E-state index >= 15 is 0 Å². The van der Waals surface area contributed by atoms with E-state index in [0.29, 0.717) is 19.6 Å². The number of amides is 3. The maximum Gasteiger partial charge on any atom is 0.317 e. The smallest absolute Gasteiger partial charge is 0.317 e. The molecule has 1 saturated heterocycles. The molecule has 3 amide bonds. The summed E-state index contributed by atoms with van der Waals surface area (Å²) in [6.45, 7) is 1.83. The Morgan fingerprint density at radius 3 is 2.50 bits per heavy atom. The average Bonchev–Trinajstić information content (AvgIpc) is 2.75. The van der Waals surface area contributed by atoms with E-state index in [1.165, 1.54) is 4.90 Å². The SMILES string of the molecule is O=C(Nc1ccccc1)C1CCCN(C(=O)NCCCSc2ccccc2)C1. The molecule has 1 unspecified atom stereocenters. The van der Waals surface area contributed by atoms with Crippen molar-refractivity contribution in [2.24, 2.45) is 5.92 Å². The van der Waals surface area contributed by atoms with Crippen LogP contribution >= 0.6 is 11.8 Å². The first-order valence-electron chi connectivity index (χ1n) is 9.79. The normalized spacial score (nSPS) is 16.4. The van der Waals surface area contributed by atoms with E-state index in [2.05, 4.69) is 22.8 Å². The molecule has 1 atom stereocenters. The molecule has 0 aromatic heterocycles. The Balaban J connectivity index is 1.37. The molecule has 1 aliphatic rings. The third-order valence-electron chi connectivity index (χ3n) is 4.73. The Morgan fingerprint density at radius 2 is 1.75 bits per heavy atom. The minimum absolute atomic E-state index is 0.0111. The van der Waals surface area contributed by atoms with Crippen LogP contribution in [0.15, 0.2) is 65.6 Å². The van der Waals surface area contributed by atoms with Crippen LogP contribution in [0.5, 0.6) is 0 Å². The summed E-state index contributed by atoms with van der Waals surface area (Å²) in [4.78, 5) is 27.9. The largest absolute Gasteiger partial charge is 0.338 e. The zero-order chi connectivity index (χ0) is 19.6. The first kappa shape index (κ1) is 20.3. The molecule has 148 valence electrons. The molecule has 0 saturated carbocycles. The number of urea groups is 1. The number of carbonyl (C=O) groups excluding carboxylic acids is 2. The van der Waals surface area contributed by atoms with Crippen LogP contribution in [-0.4, -0.2) is 42.2 Å². The average molecular weight is 398 g/mol. The standard InChI is InChI=1S/C22H27N3O2S/c26-21(24-19-10-3-1-4-11-19)18-9-7-15-25(17-18)22(27)23-14-8-16-28-20-12-5-2-6-13-20/h1-6,10-13,18H,7-9,14-17H2,(H,23,27)(H,24,26). The number of hydrogen-bond donors (Lipinski definition) is 2. The minimum Gasteiger partial charge on any atom is -0.338 e. The molecule has 0 spiro atoms. The van der Waals surface area contributed by atoms with Crippen molar-refractivity contribution in [3.63, 3.8) is 0 Å². The van der Waals surface area contributed by atoms with Gasteiger partial charge < -0.3 is 15.5 Å². The molecule has 2 aromatic carbocycles. The van der Waals surface area contributed by atoms with Crippen LogP contribution in [0.25, 0.3) is 0 Å². The van der Waals surface area contributed by atoms with E-state index < -0.39 is 0 Å². The van der Waals surface area contributed by atoms with Crippen molar-refractivity contribution in [2.75, 3.05) is 30.7 Å². The highest BCUT2D eigenvalue weighted by Gasteiger charge is 2.28. The van der Waals surface area contributed by atoms with E-state index in [-0.39, 0.29) is 17.9 Å². The number of likely N-dealkylation sites (tertiary alicyclic amines) is 1. The van der Waals surface area contributed by atoms with Crippen LogP contribution in [0, 0.1) is 5.92 Å². The molecule has 5 nitrogen and oxygen atoms in total. The molecule has 0 bridgehead atoms. The Bertz CT molecular complexity index is 755. The first-order valence-corrected chi connectivity index (χ1v) is 10.8. The summed E-state index contributed by atoms with van der Waals surface area (Å²) in [5.41, 5.74) is 0.796. The number of rotatable bonds is 7. The van der Waals surface area contributed by atoms with Crippen LogP contribution < -0.4 is 10.6 Å². The highest BCUT2D eigenvalue weighted by Crippen LogP contribution is 2.19. The number of anilines is 1. The zero-order valence-electron chi connectivity index (χ0n) is 16.0. The van der Waals surface area contributed by atoms with Gasteiger partial charge in [-0.2, -0.15) is 0 Å². The van der Waals surface area contributed by atoms with Crippen molar-refractivity contribution >= 4 is 29.4 Å². The molecule has 2 aromatic rings. The monoisotopic (exact) mass is 397 g/mol. The van der Waals surface area contributed by atoms with Gasteiger partial charge in [0.25, 0.3) is 0 Å². The third-order valence-corrected chi connectivity index (χ3v) is 5.83. The fourth-order valence-electron chi connectivity index (χ4n) is 3.23. The number of carbonyl (C=O) groups is 2. The highest BCUT2D eigenvalue weighted by atomic mass is 32.2. The van der Waals surface area contributed by atoms with Gasteiger partial charge in [0.2, 0.25) is 5.91 Å². The van der Waals surface area contributed by atoms with Crippen LogP contribution in [-0.2, 0) is 4.79 Å². The van der Waals surface area contributed by atoms with Gasteiger partial charge in [0.15, 0.2) is 0 Å². The van der Waals surface area contributed by atoms with Crippen molar-refractivity contribution in [1.82, 2.24) is 10.2 Å². The van der Waals surface area contributed by atoms with Crippen molar-refractivity contribution in [3.05, 3.63) is 60.7 Å². The van der Waals surface area contributed by atoms with Gasteiger partial charge >= 0.3 is 6.03 Å². The number of thioether (sulfide) groups is 1. The summed E-state index contributed by atoms with van der Waals surface area (Å²) in [7, 11) is 0. The quantitative estimate of drug-likeness (QED) is 0.543. The summed E-state index contributed by atoms with van der Waals surface area (Å²) in [6, 6.07) is 19.7. The Labute approximate surface area is 170 Å². The topological polar surface area (TPSA) is 61.4 Å². The lowest BCUT2D eigenvalue weighted by Crippen LogP contribution is -2.48. The third kappa shape index (κ3) is 6.30. The van der Waals surface area contributed by atoms with Gasteiger partial charge in [-0.15, -0.1) is 11.8 Å². The summed E-state index contributed by atoms with van der Waals surface area (Å²) >= 11 is 1.80. The second-order valence-corrected chi connectivity index (χ2v) is 8.06. The summed E-state index contributed by atoms with van der Waals surface area (Å²) in [5.74, 6) is 0.795. The van der Waals surface area contributed by atoms with E-state index in [1.54, 1.807) is 16.7 Å². The Morgan fingerprint density at radius 1 is 1.04 bits per heavy atom. The molecule has 1 aliphatic heterocycles. The minimum atomic E-state index is -0.159. The predicted molar refractivity (Wildman–Crippen MR) is 115 cm³/mol. The lowest BCUT2D eigenvalue weighted by molar-refractivity contribution is -0.121. The number of piperidine rings is 1. The zero-order valence-corrected chi connectivity index (χ0v) is 16.8. The van der Waals surface area contributed by atoms with Crippen molar-refractivity contribution in [2.45, 2.75) is 24.2 Å². The van der Waals surface area contributed by atoms with Gasteiger partial charge in [0.1, 0.15) is 0 Å². The molecule has 1 fully saturated rings. The number of nitrogens with one attached hydrogen (secondary N) is 2. The molecule has 6 heteroatoms. The molecular formula is C22H27N3O2S. The summed E-state index contributed by atoms with van der Waals surface area (Å²) in [6.07, 6.45) is 2.58. The van der Waals surface area contributed by atoms with Gasteiger partial charge in [-0.1, -0.05) is 36.4 Å². The van der Waals surface area contributed by atoms with Crippen LogP contribution in [0.2, 0.25) is 0 Å². The molecule has 28 heavy (non-hydrogen) atoms. The highest BCUT2D eigenvalue weighted by molar-refractivity contribution is 7.99. The number of benzene rings is 2. The van der Waals surface area contributed by atoms with Crippen molar-refractivity contribution in [1.29, 1.82) is 0 Å². The van der Waals surface area contributed by atoms with E-state index in [9.17, 15) is 9.59 Å². The summed E-state index contributed by atoms with van der Waals surface area (Å²) < 4.78 is 0. The van der Waals surface area contributed by atoms with E-state index in [0.717, 1.165) is 30.7 Å². The molecular weight excluding hydrogens is 370 g/mol. The first-order chi connectivity index (χ1) is 13.7. The lowest BCUT2D eigenvalue weighted by atomic mass is 9.97. The Kier molecular flexibility index (Phi) is 7.79. The lowest BCUT2D eigenvalue weighted by Gasteiger charge is -2.32. The summed E-state index contributed by atoms with van der Waals surface area (Å²) in [5, 5.41) is 5.94. The van der Waals surface area contributed by atoms with Gasteiger partial charge in [0.05, 0.1) is 5.92 Å². The molecule has 0 aliphatic carbocycles. The van der Waals surface area contributed by atoms with Gasteiger partial charge in [-0.05, 0) is 49.3 Å². The number of hydrogen-bond acceptors (Lipinski definition) is 3.